The van der Waals surface area contributed by atoms with Gasteiger partial charge in [-0.3, -0.25) is 15.0 Å². The van der Waals surface area contributed by atoms with E-state index >= 15 is 0 Å². The van der Waals surface area contributed by atoms with Crippen LogP contribution in [0.1, 0.15) is 21.5 Å². The number of hydrogen-bond donors (Lipinski definition) is 2. The number of carbonyl (C=O) groups excluding carboxylic acids is 2. The van der Waals surface area contributed by atoms with Crippen LogP contribution in [0.2, 0.25) is 5.02 Å². The van der Waals surface area contributed by atoms with Crippen LogP contribution >= 0.6 is 11.6 Å². The molecule has 0 fully saturated rings. The van der Waals surface area contributed by atoms with Gasteiger partial charge < -0.3 is 5.11 Å². The van der Waals surface area contributed by atoms with E-state index in [9.17, 15) is 14.7 Å². The minimum Gasteiger partial charge on any atom is -0.506 e. The number of nitrogens with one attached hydrogen (secondary N) is 1. The first-order valence-electron chi connectivity index (χ1n) is 6.47. The van der Waals surface area contributed by atoms with Gasteiger partial charge in [0, 0.05) is 21.7 Å². The molecule has 0 aromatic heterocycles. The average Bonchev–Trinajstić information content (AvgIpc) is 2.53. The van der Waals surface area contributed by atoms with E-state index in [0.29, 0.717) is 10.6 Å². The Balaban J connectivity index is 2.17. The number of aliphatic hydroxyl groups is 1. The van der Waals surface area contributed by atoms with Crippen LogP contribution in [-0.2, 0) is 4.79 Å². The maximum Gasteiger partial charge on any atom is 0.239 e. The lowest BCUT2D eigenvalue weighted by Crippen LogP contribution is -2.28. The van der Waals surface area contributed by atoms with Gasteiger partial charge in [0.25, 0.3) is 0 Å². The Kier molecular flexibility index (Phi) is 3.39. The van der Waals surface area contributed by atoms with Crippen LogP contribution in [0.15, 0.2) is 54.1 Å². The summed E-state index contributed by atoms with van der Waals surface area (Å²) in [5, 5.41) is 19.0. The summed E-state index contributed by atoms with van der Waals surface area (Å²) in [6.45, 7) is 0. The van der Waals surface area contributed by atoms with E-state index in [0.717, 1.165) is 0 Å². The second kappa shape index (κ2) is 5.24. The monoisotopic (exact) mass is 311 g/mol. The van der Waals surface area contributed by atoms with Crippen LogP contribution in [0, 0.1) is 5.41 Å². The number of aliphatic hydroxyl groups excluding tert-OH is 1. The molecule has 3 rings (SSSR count). The third-order valence-corrected chi connectivity index (χ3v) is 3.73. The average molecular weight is 312 g/mol. The van der Waals surface area contributed by atoms with E-state index < -0.39 is 11.6 Å². The van der Waals surface area contributed by atoms with E-state index in [-0.39, 0.29) is 28.2 Å². The third-order valence-electron chi connectivity index (χ3n) is 3.48. The third kappa shape index (κ3) is 2.14. The largest absolute Gasteiger partial charge is 0.506 e. The number of ketones is 2. The minimum absolute atomic E-state index is 0.151. The summed E-state index contributed by atoms with van der Waals surface area (Å²) in [4.78, 5) is 24.4. The summed E-state index contributed by atoms with van der Waals surface area (Å²) in [6, 6.07) is 12.6. The summed E-state index contributed by atoms with van der Waals surface area (Å²) in [6.07, 6.45) is 0. The first-order valence-corrected chi connectivity index (χ1v) is 6.85. The van der Waals surface area contributed by atoms with Crippen molar-refractivity contribution in [1.82, 2.24) is 0 Å². The van der Waals surface area contributed by atoms with E-state index in [1.807, 2.05) is 0 Å². The second-order valence-electron chi connectivity index (χ2n) is 4.81. The Morgan fingerprint density at radius 2 is 1.50 bits per heavy atom. The molecule has 108 valence electrons. The molecule has 0 unspecified atom stereocenters. The summed E-state index contributed by atoms with van der Waals surface area (Å²) < 4.78 is 0. The van der Waals surface area contributed by atoms with Gasteiger partial charge in [-0.15, -0.1) is 0 Å². The fourth-order valence-electron chi connectivity index (χ4n) is 2.36. The zero-order valence-electron chi connectivity index (χ0n) is 11.3. The van der Waals surface area contributed by atoms with Gasteiger partial charge in [-0.2, -0.15) is 0 Å². The molecule has 0 aliphatic heterocycles. The number of halogens is 1. The Morgan fingerprint density at radius 1 is 0.909 bits per heavy atom. The standard InChI is InChI=1S/C17H10ClNO3/c18-10-7-5-9(6-8-10)14(19)13-15(20)11-3-1-2-4-12(11)16(21)17(13)22/h1-8,19-20H. The number of fused-ring (bicyclic) bond motifs is 1. The van der Waals surface area contributed by atoms with Crippen LogP contribution in [0.3, 0.4) is 0 Å². The lowest BCUT2D eigenvalue weighted by Gasteiger charge is -2.18. The number of rotatable bonds is 2. The molecule has 0 amide bonds. The summed E-state index contributed by atoms with van der Waals surface area (Å²) in [7, 11) is 0. The van der Waals surface area contributed by atoms with Crippen molar-refractivity contribution in [2.75, 3.05) is 0 Å². The first kappa shape index (κ1) is 14.2. The molecule has 0 saturated heterocycles. The van der Waals surface area contributed by atoms with Gasteiger partial charge in [0.2, 0.25) is 11.6 Å². The van der Waals surface area contributed by atoms with E-state index in [2.05, 4.69) is 0 Å². The quantitative estimate of drug-likeness (QED) is 0.658. The Hall–Kier alpha value is -2.72. The molecule has 2 aromatic rings. The van der Waals surface area contributed by atoms with Crippen LogP contribution in [0.25, 0.3) is 5.76 Å². The maximum absolute atomic E-state index is 12.2. The van der Waals surface area contributed by atoms with Gasteiger partial charge in [-0.1, -0.05) is 48.0 Å². The minimum atomic E-state index is -0.879. The van der Waals surface area contributed by atoms with Gasteiger partial charge in [-0.25, -0.2) is 0 Å². The Bertz CT molecular complexity index is 850. The van der Waals surface area contributed by atoms with Gasteiger partial charge >= 0.3 is 0 Å². The van der Waals surface area contributed by atoms with Crippen LogP contribution in [-0.4, -0.2) is 22.4 Å². The van der Waals surface area contributed by atoms with Crippen LogP contribution < -0.4 is 0 Å². The van der Waals surface area contributed by atoms with Crippen molar-refractivity contribution >= 4 is 34.6 Å². The number of hydrogen-bond acceptors (Lipinski definition) is 4. The normalized spacial score (nSPS) is 14.0. The molecule has 0 atom stereocenters. The number of benzene rings is 2. The van der Waals surface area contributed by atoms with E-state index in [1.54, 1.807) is 42.5 Å². The summed E-state index contributed by atoms with van der Waals surface area (Å²) in [5.41, 5.74) is 0.318. The van der Waals surface area contributed by atoms with Gasteiger partial charge in [0.1, 0.15) is 5.76 Å². The fraction of sp³-hybridized carbons (Fsp3) is 0. The predicted molar refractivity (Wildman–Crippen MR) is 83.6 cm³/mol. The molecule has 1 aliphatic carbocycles. The first-order chi connectivity index (χ1) is 10.5. The van der Waals surface area contributed by atoms with E-state index in [4.69, 9.17) is 17.0 Å². The molecule has 0 bridgehead atoms. The molecule has 22 heavy (non-hydrogen) atoms. The highest BCUT2D eigenvalue weighted by molar-refractivity contribution is 6.58. The fourth-order valence-corrected chi connectivity index (χ4v) is 2.48. The van der Waals surface area contributed by atoms with Crippen molar-refractivity contribution in [2.24, 2.45) is 0 Å². The highest BCUT2D eigenvalue weighted by Gasteiger charge is 2.35. The number of allylic oxidation sites excluding steroid dienone is 1. The smallest absolute Gasteiger partial charge is 0.239 e. The molecule has 0 spiro atoms. The predicted octanol–water partition coefficient (Wildman–Crippen LogP) is 3.44. The zero-order valence-corrected chi connectivity index (χ0v) is 12.0. The Labute approximate surface area is 131 Å². The molecule has 0 heterocycles. The van der Waals surface area contributed by atoms with Gasteiger partial charge in [-0.05, 0) is 12.1 Å². The van der Waals surface area contributed by atoms with Crippen molar-refractivity contribution in [3.63, 3.8) is 0 Å². The molecular weight excluding hydrogens is 302 g/mol. The van der Waals surface area contributed by atoms with Gasteiger partial charge in [0.05, 0.1) is 11.3 Å². The lowest BCUT2D eigenvalue weighted by atomic mass is 9.85. The van der Waals surface area contributed by atoms with E-state index in [1.165, 1.54) is 6.07 Å². The van der Waals surface area contributed by atoms with Crippen LogP contribution in [0.5, 0.6) is 0 Å². The maximum atomic E-state index is 12.2. The highest BCUT2D eigenvalue weighted by atomic mass is 35.5. The molecule has 2 N–H and O–H groups in total. The topological polar surface area (TPSA) is 78.2 Å². The number of Topliss-reactive ketones (excluding diaryl/α,β-unsaturated/α-hetero) is 2. The molecule has 0 radical (unpaired) electrons. The highest BCUT2D eigenvalue weighted by Crippen LogP contribution is 2.29. The molecule has 1 aliphatic rings. The SMILES string of the molecule is N=C(C1=C(O)c2ccccc2C(=O)C1=O)c1ccc(Cl)cc1. The second-order valence-corrected chi connectivity index (χ2v) is 5.25. The van der Waals surface area contributed by atoms with Crippen molar-refractivity contribution in [3.8, 4) is 0 Å². The molecule has 5 heteroatoms. The lowest BCUT2D eigenvalue weighted by molar-refractivity contribution is -0.111. The number of carbonyl (C=O) groups is 2. The summed E-state index contributed by atoms with van der Waals surface area (Å²) in [5.74, 6) is -1.95. The van der Waals surface area contributed by atoms with Crippen molar-refractivity contribution < 1.29 is 14.7 Å². The van der Waals surface area contributed by atoms with Crippen LogP contribution in [0.4, 0.5) is 0 Å². The molecule has 2 aromatic carbocycles. The molecule has 4 nitrogen and oxygen atoms in total. The summed E-state index contributed by atoms with van der Waals surface area (Å²) >= 11 is 5.80. The van der Waals surface area contributed by atoms with Crippen molar-refractivity contribution in [3.05, 3.63) is 75.8 Å². The molecule has 0 saturated carbocycles. The Morgan fingerprint density at radius 3 is 2.14 bits per heavy atom. The zero-order chi connectivity index (χ0) is 15.9. The van der Waals surface area contributed by atoms with Crippen molar-refractivity contribution in [1.29, 1.82) is 5.41 Å². The van der Waals surface area contributed by atoms with Crippen molar-refractivity contribution in [2.45, 2.75) is 0 Å². The molecular formula is C17H10ClNO3. The van der Waals surface area contributed by atoms with Gasteiger partial charge in [0.15, 0.2) is 0 Å².